The highest BCUT2D eigenvalue weighted by molar-refractivity contribution is 9.10. The van der Waals surface area contributed by atoms with Crippen LogP contribution in [0.2, 0.25) is 0 Å². The minimum absolute atomic E-state index is 0.0237. The molecule has 1 aromatic rings. The van der Waals surface area contributed by atoms with Gasteiger partial charge >= 0.3 is 12.0 Å². The topological polar surface area (TPSA) is 89.9 Å². The molecular formula is C13H15BrN2O4. The van der Waals surface area contributed by atoms with Crippen molar-refractivity contribution in [3.8, 4) is 0 Å². The highest BCUT2D eigenvalue weighted by Gasteiger charge is 2.39. The Morgan fingerprint density at radius 2 is 2.15 bits per heavy atom. The van der Waals surface area contributed by atoms with Crippen LogP contribution in [0.4, 0.5) is 10.5 Å². The van der Waals surface area contributed by atoms with Crippen molar-refractivity contribution in [2.24, 2.45) is 0 Å². The lowest BCUT2D eigenvalue weighted by molar-refractivity contribution is -0.141. The number of aliphatic hydroxyl groups is 1. The van der Waals surface area contributed by atoms with Crippen LogP contribution in [0, 0.1) is 6.92 Å². The Balaban J connectivity index is 2.15. The molecule has 2 amide bonds. The molecule has 7 heteroatoms. The van der Waals surface area contributed by atoms with E-state index in [1.165, 1.54) is 0 Å². The fourth-order valence-corrected chi connectivity index (χ4v) is 2.55. The summed E-state index contributed by atoms with van der Waals surface area (Å²) in [6.45, 7) is 1.87. The van der Waals surface area contributed by atoms with E-state index in [0.29, 0.717) is 5.69 Å². The molecule has 0 aliphatic carbocycles. The van der Waals surface area contributed by atoms with Gasteiger partial charge in [-0.2, -0.15) is 0 Å². The number of hydrogen-bond acceptors (Lipinski definition) is 3. The molecule has 0 radical (unpaired) electrons. The minimum Gasteiger partial charge on any atom is -0.480 e. The van der Waals surface area contributed by atoms with E-state index in [9.17, 15) is 14.7 Å². The third-order valence-electron chi connectivity index (χ3n) is 3.27. The van der Waals surface area contributed by atoms with Crippen molar-refractivity contribution in [1.29, 1.82) is 0 Å². The monoisotopic (exact) mass is 342 g/mol. The zero-order valence-corrected chi connectivity index (χ0v) is 12.4. The van der Waals surface area contributed by atoms with Crippen LogP contribution in [0.15, 0.2) is 22.7 Å². The summed E-state index contributed by atoms with van der Waals surface area (Å²) in [6, 6.07) is 3.93. The molecule has 6 nitrogen and oxygen atoms in total. The average molecular weight is 343 g/mol. The Labute approximate surface area is 124 Å². The summed E-state index contributed by atoms with van der Waals surface area (Å²) < 4.78 is 0.814. The van der Waals surface area contributed by atoms with Gasteiger partial charge in [0.25, 0.3) is 0 Å². The first kappa shape index (κ1) is 14.8. The molecular weight excluding hydrogens is 328 g/mol. The summed E-state index contributed by atoms with van der Waals surface area (Å²) in [7, 11) is 0. The number of benzene rings is 1. The van der Waals surface area contributed by atoms with E-state index in [2.05, 4.69) is 21.2 Å². The molecule has 1 aliphatic heterocycles. The summed E-state index contributed by atoms with van der Waals surface area (Å²) >= 11 is 3.32. The molecule has 1 aromatic carbocycles. The van der Waals surface area contributed by atoms with Crippen molar-refractivity contribution in [2.45, 2.75) is 25.5 Å². The van der Waals surface area contributed by atoms with Crippen LogP contribution in [-0.4, -0.2) is 45.8 Å². The summed E-state index contributed by atoms with van der Waals surface area (Å²) in [5.74, 6) is -1.11. The lowest BCUT2D eigenvalue weighted by atomic mass is 10.2. The van der Waals surface area contributed by atoms with E-state index in [0.717, 1.165) is 14.9 Å². The smallest absolute Gasteiger partial charge is 0.326 e. The lowest BCUT2D eigenvalue weighted by Gasteiger charge is -2.22. The number of anilines is 1. The first-order valence-corrected chi connectivity index (χ1v) is 6.92. The number of carbonyl (C=O) groups excluding carboxylic acids is 1. The number of amides is 2. The summed E-state index contributed by atoms with van der Waals surface area (Å²) in [5, 5.41) is 21.3. The number of rotatable bonds is 2. The molecule has 0 spiro atoms. The fourth-order valence-electron chi connectivity index (χ4n) is 2.19. The van der Waals surface area contributed by atoms with Crippen molar-refractivity contribution in [1.82, 2.24) is 4.90 Å². The molecule has 2 atom stereocenters. The van der Waals surface area contributed by atoms with Gasteiger partial charge < -0.3 is 20.4 Å². The molecule has 1 fully saturated rings. The Morgan fingerprint density at radius 1 is 1.45 bits per heavy atom. The van der Waals surface area contributed by atoms with Crippen LogP contribution in [0.3, 0.4) is 0 Å². The molecule has 0 saturated carbocycles. The maximum absolute atomic E-state index is 12.2. The second-order valence-corrected chi connectivity index (χ2v) is 5.70. The molecule has 0 unspecified atom stereocenters. The standard InChI is InChI=1S/C13H15BrN2O4/c1-7-2-3-8(14)4-10(7)15-13(20)16-6-9(17)5-11(16)12(18)19/h2-4,9,11,17H,5-6H2,1H3,(H,15,20)(H,18,19)/t9-,11-/m1/s1. The Bertz CT molecular complexity index is 549. The Kier molecular flexibility index (Phi) is 4.29. The molecule has 3 N–H and O–H groups in total. The number of urea groups is 1. The number of likely N-dealkylation sites (tertiary alicyclic amines) is 1. The van der Waals surface area contributed by atoms with Crippen LogP contribution < -0.4 is 5.32 Å². The predicted octanol–water partition coefficient (Wildman–Crippen LogP) is 1.81. The third-order valence-corrected chi connectivity index (χ3v) is 3.76. The maximum atomic E-state index is 12.2. The maximum Gasteiger partial charge on any atom is 0.326 e. The van der Waals surface area contributed by atoms with Gasteiger partial charge in [-0.3, -0.25) is 0 Å². The first-order chi connectivity index (χ1) is 9.38. The number of carboxylic acid groups (broad SMARTS) is 1. The van der Waals surface area contributed by atoms with Gasteiger partial charge in [-0.05, 0) is 24.6 Å². The zero-order valence-electron chi connectivity index (χ0n) is 10.8. The van der Waals surface area contributed by atoms with Crippen LogP contribution in [-0.2, 0) is 4.79 Å². The molecule has 1 saturated heterocycles. The number of nitrogens with zero attached hydrogens (tertiary/aromatic N) is 1. The number of hydrogen-bond donors (Lipinski definition) is 3. The molecule has 108 valence electrons. The van der Waals surface area contributed by atoms with Crippen LogP contribution in [0.1, 0.15) is 12.0 Å². The van der Waals surface area contributed by atoms with Gasteiger partial charge in [-0.15, -0.1) is 0 Å². The van der Waals surface area contributed by atoms with E-state index in [-0.39, 0.29) is 13.0 Å². The van der Waals surface area contributed by atoms with Gasteiger partial charge in [0.05, 0.1) is 6.10 Å². The molecule has 20 heavy (non-hydrogen) atoms. The number of nitrogens with one attached hydrogen (secondary N) is 1. The third kappa shape index (κ3) is 3.10. The van der Waals surface area contributed by atoms with E-state index in [1.807, 2.05) is 19.1 Å². The largest absolute Gasteiger partial charge is 0.480 e. The van der Waals surface area contributed by atoms with Crippen LogP contribution >= 0.6 is 15.9 Å². The summed E-state index contributed by atoms with van der Waals surface area (Å²) in [5.41, 5.74) is 1.48. The molecule has 0 bridgehead atoms. The quantitative estimate of drug-likeness (QED) is 0.764. The van der Waals surface area contributed by atoms with E-state index in [1.54, 1.807) is 6.07 Å². The average Bonchev–Trinajstić information content (AvgIpc) is 2.76. The van der Waals surface area contributed by atoms with Crippen molar-refractivity contribution >= 4 is 33.6 Å². The normalized spacial score (nSPS) is 21.9. The van der Waals surface area contributed by atoms with Crippen LogP contribution in [0.25, 0.3) is 0 Å². The van der Waals surface area contributed by atoms with Crippen molar-refractivity contribution in [3.63, 3.8) is 0 Å². The Morgan fingerprint density at radius 3 is 2.80 bits per heavy atom. The fraction of sp³-hybridized carbons (Fsp3) is 0.385. The van der Waals surface area contributed by atoms with E-state index < -0.39 is 24.1 Å². The lowest BCUT2D eigenvalue weighted by Crippen LogP contribution is -2.43. The highest BCUT2D eigenvalue weighted by Crippen LogP contribution is 2.23. The molecule has 0 aromatic heterocycles. The van der Waals surface area contributed by atoms with Crippen molar-refractivity contribution < 1.29 is 19.8 Å². The summed E-state index contributed by atoms with van der Waals surface area (Å²) in [6.07, 6.45) is -0.745. The van der Waals surface area contributed by atoms with Crippen molar-refractivity contribution in [2.75, 3.05) is 11.9 Å². The minimum atomic E-state index is -1.11. The first-order valence-electron chi connectivity index (χ1n) is 6.13. The number of carbonyl (C=O) groups is 2. The molecule has 1 heterocycles. The zero-order chi connectivity index (χ0) is 14.9. The van der Waals surface area contributed by atoms with Gasteiger partial charge in [-0.1, -0.05) is 22.0 Å². The number of β-amino-alcohol motifs (C(OH)–C–C–N with tert-alkyl or cyclic N) is 1. The van der Waals surface area contributed by atoms with Gasteiger partial charge in [0.2, 0.25) is 0 Å². The molecule has 1 aliphatic rings. The van der Waals surface area contributed by atoms with Gasteiger partial charge in [-0.25, -0.2) is 9.59 Å². The van der Waals surface area contributed by atoms with E-state index in [4.69, 9.17) is 5.11 Å². The number of carboxylic acids is 1. The van der Waals surface area contributed by atoms with Gasteiger partial charge in [0.1, 0.15) is 6.04 Å². The molecule has 2 rings (SSSR count). The second kappa shape index (κ2) is 5.80. The number of halogens is 1. The van der Waals surface area contributed by atoms with Crippen molar-refractivity contribution in [3.05, 3.63) is 28.2 Å². The van der Waals surface area contributed by atoms with E-state index >= 15 is 0 Å². The van der Waals surface area contributed by atoms with Gasteiger partial charge in [0, 0.05) is 23.1 Å². The second-order valence-electron chi connectivity index (χ2n) is 4.79. The van der Waals surface area contributed by atoms with Crippen LogP contribution in [0.5, 0.6) is 0 Å². The Hall–Kier alpha value is -1.60. The number of aliphatic hydroxyl groups excluding tert-OH is 1. The SMILES string of the molecule is Cc1ccc(Br)cc1NC(=O)N1C[C@H](O)C[C@@H]1C(=O)O. The number of aliphatic carboxylic acids is 1. The highest BCUT2D eigenvalue weighted by atomic mass is 79.9. The van der Waals surface area contributed by atoms with Gasteiger partial charge in [0.15, 0.2) is 0 Å². The summed E-state index contributed by atoms with van der Waals surface area (Å²) in [4.78, 5) is 24.4. The predicted molar refractivity (Wildman–Crippen MR) is 76.7 cm³/mol. The number of aryl methyl sites for hydroxylation is 1.